The molecule has 2 saturated carbocycles. The van der Waals surface area contributed by atoms with E-state index in [1.54, 1.807) is 10.9 Å². The lowest BCUT2D eigenvalue weighted by Crippen LogP contribution is -2.18. The van der Waals surface area contributed by atoms with E-state index >= 15 is 0 Å². The van der Waals surface area contributed by atoms with Crippen LogP contribution >= 0.6 is 0 Å². The summed E-state index contributed by atoms with van der Waals surface area (Å²) >= 11 is 0. The maximum Gasteiger partial charge on any atom is 0.185 e. The van der Waals surface area contributed by atoms with Crippen molar-refractivity contribution in [1.29, 1.82) is 0 Å². The van der Waals surface area contributed by atoms with Gasteiger partial charge in [-0.25, -0.2) is 4.68 Å². The lowest BCUT2D eigenvalue weighted by atomic mass is 9.96. The van der Waals surface area contributed by atoms with Crippen molar-refractivity contribution in [3.63, 3.8) is 0 Å². The monoisotopic (exact) mass is 219 g/mol. The predicted molar refractivity (Wildman–Crippen MR) is 59.0 cm³/mol. The number of hydrogen-bond donors (Lipinski definition) is 0. The first-order valence-electron chi connectivity index (χ1n) is 6.22. The molecule has 0 amide bonds. The van der Waals surface area contributed by atoms with Crippen LogP contribution in [0.4, 0.5) is 0 Å². The number of Topliss-reactive ketones (excluding diaryl/α,β-unsaturated/α-hetero) is 1. The Bertz CT molecular complexity index is 402. The van der Waals surface area contributed by atoms with Gasteiger partial charge in [0.15, 0.2) is 5.78 Å². The van der Waals surface area contributed by atoms with Crippen LogP contribution in [-0.4, -0.2) is 20.8 Å². The van der Waals surface area contributed by atoms with Gasteiger partial charge in [-0.3, -0.25) is 4.79 Å². The molecule has 2 unspecified atom stereocenters. The minimum atomic E-state index is 0.248. The van der Waals surface area contributed by atoms with Crippen LogP contribution in [0.1, 0.15) is 43.1 Å². The lowest BCUT2D eigenvalue weighted by Gasteiger charge is -2.10. The summed E-state index contributed by atoms with van der Waals surface area (Å²) in [4.78, 5) is 12.3. The van der Waals surface area contributed by atoms with Gasteiger partial charge in [0.2, 0.25) is 0 Å². The van der Waals surface area contributed by atoms with Crippen molar-refractivity contribution in [2.75, 3.05) is 0 Å². The highest BCUT2D eigenvalue weighted by molar-refractivity contribution is 5.96. The number of hydrogen-bond acceptors (Lipinski definition) is 3. The van der Waals surface area contributed by atoms with Gasteiger partial charge in [-0.15, -0.1) is 5.10 Å². The second kappa shape index (κ2) is 3.68. The topological polar surface area (TPSA) is 47.8 Å². The molecule has 4 heteroatoms. The number of carbonyl (C=O) groups is 1. The number of carbonyl (C=O) groups excluding carboxylic acids is 1. The Morgan fingerprint density at radius 1 is 1.44 bits per heavy atom. The molecule has 2 atom stereocenters. The van der Waals surface area contributed by atoms with E-state index in [0.717, 1.165) is 37.6 Å². The zero-order valence-corrected chi connectivity index (χ0v) is 9.59. The van der Waals surface area contributed by atoms with E-state index in [0.29, 0.717) is 5.69 Å². The van der Waals surface area contributed by atoms with Crippen LogP contribution in [0.2, 0.25) is 0 Å². The van der Waals surface area contributed by atoms with E-state index in [4.69, 9.17) is 0 Å². The molecule has 0 N–H and O–H groups in total. The summed E-state index contributed by atoms with van der Waals surface area (Å²) in [6.07, 6.45) is 6.17. The van der Waals surface area contributed by atoms with Crippen molar-refractivity contribution in [3.8, 4) is 0 Å². The molecule has 86 valence electrons. The van der Waals surface area contributed by atoms with Gasteiger partial charge in [-0.2, -0.15) is 0 Å². The normalized spacial score (nSPS) is 31.4. The fraction of sp³-hybridized carbons (Fsp3) is 0.750. The molecule has 16 heavy (non-hydrogen) atoms. The summed E-state index contributed by atoms with van der Waals surface area (Å²) < 4.78 is 1.76. The molecule has 2 fully saturated rings. The third kappa shape index (κ3) is 1.56. The second-order valence-electron chi connectivity index (χ2n) is 5.13. The van der Waals surface area contributed by atoms with Gasteiger partial charge in [-0.05, 0) is 37.5 Å². The van der Waals surface area contributed by atoms with Gasteiger partial charge >= 0.3 is 0 Å². The largest absolute Gasteiger partial charge is 0.292 e. The molecule has 1 aromatic rings. The van der Waals surface area contributed by atoms with Crippen LogP contribution in [0.3, 0.4) is 0 Å². The second-order valence-corrected chi connectivity index (χ2v) is 5.13. The predicted octanol–water partition coefficient (Wildman–Crippen LogP) is 1.92. The molecular weight excluding hydrogens is 202 g/mol. The minimum absolute atomic E-state index is 0.248. The van der Waals surface area contributed by atoms with Gasteiger partial charge in [0.25, 0.3) is 0 Å². The van der Waals surface area contributed by atoms with Gasteiger partial charge < -0.3 is 0 Å². The molecule has 1 aromatic heterocycles. The summed E-state index contributed by atoms with van der Waals surface area (Å²) in [6, 6.07) is 0. The van der Waals surface area contributed by atoms with Gasteiger partial charge in [0.05, 0.1) is 6.20 Å². The first kappa shape index (κ1) is 10.00. The average Bonchev–Trinajstić information content (AvgIpc) is 2.74. The molecule has 0 aliphatic heterocycles. The van der Waals surface area contributed by atoms with Crippen molar-refractivity contribution in [3.05, 3.63) is 11.9 Å². The molecule has 2 aliphatic rings. The molecule has 4 nitrogen and oxygen atoms in total. The molecule has 2 aliphatic carbocycles. The smallest absolute Gasteiger partial charge is 0.185 e. The van der Waals surface area contributed by atoms with Crippen LogP contribution in [0.5, 0.6) is 0 Å². The highest BCUT2D eigenvalue weighted by Gasteiger charge is 2.48. The summed E-state index contributed by atoms with van der Waals surface area (Å²) in [7, 11) is 0. The zero-order chi connectivity index (χ0) is 11.1. The molecule has 0 spiro atoms. The van der Waals surface area contributed by atoms with Crippen LogP contribution in [0.15, 0.2) is 6.20 Å². The fourth-order valence-corrected chi connectivity index (χ4v) is 2.96. The van der Waals surface area contributed by atoms with E-state index in [1.807, 2.05) is 0 Å². The SMILES string of the molecule is CCCn1nncc1C(=O)C1CC2CC2C1. The third-order valence-corrected chi connectivity index (χ3v) is 3.92. The zero-order valence-electron chi connectivity index (χ0n) is 9.59. The van der Waals surface area contributed by atoms with E-state index < -0.39 is 0 Å². The number of rotatable bonds is 4. The first-order chi connectivity index (χ1) is 7.79. The Morgan fingerprint density at radius 2 is 2.19 bits per heavy atom. The summed E-state index contributed by atoms with van der Waals surface area (Å²) in [6.45, 7) is 2.88. The van der Waals surface area contributed by atoms with Crippen molar-refractivity contribution in [1.82, 2.24) is 15.0 Å². The number of ketones is 1. The van der Waals surface area contributed by atoms with E-state index in [1.165, 1.54) is 6.42 Å². The minimum Gasteiger partial charge on any atom is -0.292 e. The molecule has 0 bridgehead atoms. The van der Waals surface area contributed by atoms with Gasteiger partial charge in [0, 0.05) is 12.5 Å². The van der Waals surface area contributed by atoms with Gasteiger partial charge in [-0.1, -0.05) is 12.1 Å². The summed E-state index contributed by atoms with van der Waals surface area (Å²) in [5.41, 5.74) is 0.716. The Kier molecular flexibility index (Phi) is 2.30. The van der Waals surface area contributed by atoms with E-state index in [2.05, 4.69) is 17.2 Å². The first-order valence-corrected chi connectivity index (χ1v) is 6.22. The number of aryl methyl sites for hydroxylation is 1. The molecule has 1 heterocycles. The number of fused-ring (bicyclic) bond motifs is 1. The Morgan fingerprint density at radius 3 is 2.88 bits per heavy atom. The average molecular weight is 219 g/mol. The highest BCUT2D eigenvalue weighted by atomic mass is 16.1. The van der Waals surface area contributed by atoms with Crippen LogP contribution < -0.4 is 0 Å². The maximum absolute atomic E-state index is 12.3. The molecule has 0 aromatic carbocycles. The molecular formula is C12H17N3O. The van der Waals surface area contributed by atoms with Crippen LogP contribution in [0.25, 0.3) is 0 Å². The van der Waals surface area contributed by atoms with Crippen LogP contribution in [-0.2, 0) is 6.54 Å². The van der Waals surface area contributed by atoms with E-state index in [-0.39, 0.29) is 11.7 Å². The summed E-state index contributed by atoms with van der Waals surface area (Å²) in [5.74, 6) is 2.22. The highest BCUT2D eigenvalue weighted by Crippen LogP contribution is 2.54. The lowest BCUT2D eigenvalue weighted by molar-refractivity contribution is 0.0903. The standard InChI is InChI=1S/C12H17N3O/c1-2-3-15-11(7-13-14-15)12(16)10-5-8-4-9(8)6-10/h7-10H,2-6H2,1H3. The third-order valence-electron chi connectivity index (χ3n) is 3.92. The van der Waals surface area contributed by atoms with Crippen molar-refractivity contribution < 1.29 is 4.79 Å². The number of aromatic nitrogens is 3. The molecule has 3 rings (SSSR count). The molecule has 0 saturated heterocycles. The summed E-state index contributed by atoms with van der Waals surface area (Å²) in [5, 5.41) is 7.83. The Labute approximate surface area is 95.0 Å². The maximum atomic E-state index is 12.3. The van der Waals surface area contributed by atoms with Crippen molar-refractivity contribution >= 4 is 5.78 Å². The van der Waals surface area contributed by atoms with Crippen molar-refractivity contribution in [2.45, 2.75) is 39.2 Å². The molecule has 0 radical (unpaired) electrons. The van der Waals surface area contributed by atoms with Gasteiger partial charge in [0.1, 0.15) is 5.69 Å². The number of nitrogens with zero attached hydrogens (tertiary/aromatic N) is 3. The quantitative estimate of drug-likeness (QED) is 0.727. The van der Waals surface area contributed by atoms with Crippen molar-refractivity contribution in [2.24, 2.45) is 17.8 Å². The Hall–Kier alpha value is -1.19. The Balaban J connectivity index is 1.75. The fourth-order valence-electron chi connectivity index (χ4n) is 2.96. The van der Waals surface area contributed by atoms with E-state index in [9.17, 15) is 4.79 Å². The van der Waals surface area contributed by atoms with Crippen LogP contribution in [0, 0.1) is 17.8 Å².